The third kappa shape index (κ3) is 6.44. The monoisotopic (exact) mass is 430 g/mol. The molecule has 0 unspecified atom stereocenters. The molecule has 0 aliphatic rings. The summed E-state index contributed by atoms with van der Waals surface area (Å²) < 4.78 is 0. The van der Waals surface area contributed by atoms with Crippen LogP contribution in [0.25, 0.3) is 0 Å². The molecule has 9 heteroatoms. The van der Waals surface area contributed by atoms with Gasteiger partial charge in [0.1, 0.15) is 12.1 Å². The second-order valence-electron chi connectivity index (χ2n) is 7.17. The van der Waals surface area contributed by atoms with Crippen molar-refractivity contribution in [3.8, 4) is 0 Å². The third-order valence-corrected chi connectivity index (χ3v) is 4.47. The van der Waals surface area contributed by atoms with Gasteiger partial charge in [0.05, 0.1) is 11.8 Å². The molecule has 0 bridgehead atoms. The van der Waals surface area contributed by atoms with Crippen LogP contribution in [0.2, 0.25) is 0 Å². The molecule has 1 heterocycles. The number of carbonyl (C=O) groups excluding carboxylic acids is 1. The highest BCUT2D eigenvalue weighted by atomic mass is 16.1. The van der Waals surface area contributed by atoms with E-state index in [1.54, 1.807) is 18.3 Å². The zero-order valence-electron chi connectivity index (χ0n) is 18.0. The number of aromatic nitrogens is 2. The summed E-state index contributed by atoms with van der Waals surface area (Å²) in [5.41, 5.74) is 5.60. The van der Waals surface area contributed by atoms with E-state index in [0.29, 0.717) is 29.3 Å². The van der Waals surface area contributed by atoms with Crippen molar-refractivity contribution in [1.82, 2.24) is 20.2 Å². The lowest BCUT2D eigenvalue weighted by Gasteiger charge is -2.11. The topological polar surface area (TPSA) is 118 Å². The first-order valence-corrected chi connectivity index (χ1v) is 10.1. The van der Waals surface area contributed by atoms with Crippen LogP contribution in [0, 0.1) is 5.41 Å². The molecule has 0 saturated carbocycles. The van der Waals surface area contributed by atoms with E-state index in [1.807, 2.05) is 61.5 Å². The molecule has 0 saturated heterocycles. The number of anilines is 3. The van der Waals surface area contributed by atoms with Gasteiger partial charge in [0, 0.05) is 30.6 Å². The summed E-state index contributed by atoms with van der Waals surface area (Å²) in [4.78, 5) is 22.6. The second-order valence-corrected chi connectivity index (χ2v) is 7.17. The van der Waals surface area contributed by atoms with E-state index < -0.39 is 0 Å². The first-order valence-electron chi connectivity index (χ1n) is 10.1. The maximum atomic E-state index is 12.2. The Bertz CT molecular complexity index is 1070. The summed E-state index contributed by atoms with van der Waals surface area (Å²) in [7, 11) is 3.92. The minimum atomic E-state index is -0.108. The van der Waals surface area contributed by atoms with Gasteiger partial charge in [-0.25, -0.2) is 9.97 Å². The van der Waals surface area contributed by atoms with Crippen LogP contribution in [-0.4, -0.2) is 60.4 Å². The number of likely N-dealkylation sites (N-methyl/N-ethyl adjacent to an activating group) is 1. The Hall–Kier alpha value is -4.11. The number of para-hydroxylation sites is 1. The molecule has 0 radical (unpaired) electrons. The van der Waals surface area contributed by atoms with Crippen molar-refractivity contribution >= 4 is 35.7 Å². The largest absolute Gasteiger partial charge is 0.351 e. The SMILES string of the molecule is CN(C)CCNC(=O)c1ccc(/C=N/Nc2ncnc(Nc3ccccc3)c2C=N)cc1. The molecular weight excluding hydrogens is 404 g/mol. The van der Waals surface area contributed by atoms with Crippen LogP contribution in [-0.2, 0) is 0 Å². The lowest BCUT2D eigenvalue weighted by atomic mass is 10.1. The molecule has 1 aromatic heterocycles. The van der Waals surface area contributed by atoms with Gasteiger partial charge >= 0.3 is 0 Å². The first kappa shape index (κ1) is 22.6. The first-order chi connectivity index (χ1) is 15.6. The Morgan fingerprint density at radius 3 is 2.47 bits per heavy atom. The van der Waals surface area contributed by atoms with E-state index in [2.05, 4.69) is 31.1 Å². The number of rotatable bonds is 10. The fourth-order valence-electron chi connectivity index (χ4n) is 2.76. The summed E-state index contributed by atoms with van der Waals surface area (Å²) in [5.74, 6) is 0.800. The number of amides is 1. The molecule has 9 nitrogen and oxygen atoms in total. The Labute approximate surface area is 187 Å². The highest BCUT2D eigenvalue weighted by Crippen LogP contribution is 2.21. The van der Waals surface area contributed by atoms with Crippen LogP contribution in [0.1, 0.15) is 21.5 Å². The van der Waals surface area contributed by atoms with E-state index >= 15 is 0 Å². The molecule has 3 aromatic rings. The Balaban J connectivity index is 1.62. The van der Waals surface area contributed by atoms with Crippen LogP contribution in [0.3, 0.4) is 0 Å². The van der Waals surface area contributed by atoms with Crippen LogP contribution >= 0.6 is 0 Å². The van der Waals surface area contributed by atoms with E-state index in [9.17, 15) is 4.79 Å². The standard InChI is InChI=1S/C23H26N8O/c1-31(2)13-12-25-23(32)18-10-8-17(9-11-18)15-28-30-22-20(14-24)21(26-16-27-22)29-19-6-4-3-5-7-19/h3-11,14-16,24H,12-13H2,1-2H3,(H,25,32)(H2,26,27,29,30)/b24-14?,28-15+. The van der Waals surface area contributed by atoms with Crippen LogP contribution < -0.4 is 16.1 Å². The number of hydrazone groups is 1. The molecule has 32 heavy (non-hydrogen) atoms. The van der Waals surface area contributed by atoms with Gasteiger partial charge in [-0.05, 0) is 43.9 Å². The summed E-state index contributed by atoms with van der Waals surface area (Å²) in [6, 6.07) is 16.7. The smallest absolute Gasteiger partial charge is 0.251 e. The predicted octanol–water partition coefficient (Wildman–Crippen LogP) is 2.96. The molecule has 0 aliphatic carbocycles. The van der Waals surface area contributed by atoms with Crippen molar-refractivity contribution in [3.63, 3.8) is 0 Å². The zero-order chi connectivity index (χ0) is 22.8. The molecule has 0 aliphatic heterocycles. The van der Waals surface area contributed by atoms with Crippen LogP contribution in [0.4, 0.5) is 17.3 Å². The van der Waals surface area contributed by atoms with E-state index in [1.165, 1.54) is 12.5 Å². The molecule has 0 fully saturated rings. The van der Waals surface area contributed by atoms with Gasteiger partial charge in [0.15, 0.2) is 5.82 Å². The second kappa shape index (κ2) is 11.3. The van der Waals surface area contributed by atoms with Gasteiger partial charge in [-0.2, -0.15) is 5.10 Å². The van der Waals surface area contributed by atoms with Crippen molar-refractivity contribution in [2.24, 2.45) is 5.10 Å². The Morgan fingerprint density at radius 2 is 1.78 bits per heavy atom. The van der Waals surface area contributed by atoms with E-state index in [0.717, 1.165) is 17.8 Å². The number of benzene rings is 2. The summed E-state index contributed by atoms with van der Waals surface area (Å²) >= 11 is 0. The van der Waals surface area contributed by atoms with Crippen molar-refractivity contribution in [2.45, 2.75) is 0 Å². The number of hydrogen-bond donors (Lipinski definition) is 4. The molecule has 2 aromatic carbocycles. The van der Waals surface area contributed by atoms with Crippen LogP contribution in [0.15, 0.2) is 66.0 Å². The minimum Gasteiger partial charge on any atom is -0.351 e. The third-order valence-electron chi connectivity index (χ3n) is 4.47. The Morgan fingerprint density at radius 1 is 1.06 bits per heavy atom. The summed E-state index contributed by atoms with van der Waals surface area (Å²) in [6.07, 6.45) is 4.19. The fraction of sp³-hybridized carbons (Fsp3) is 0.174. The lowest BCUT2D eigenvalue weighted by Crippen LogP contribution is -2.31. The summed E-state index contributed by atoms with van der Waals surface area (Å²) in [5, 5.41) is 18.0. The van der Waals surface area contributed by atoms with Crippen molar-refractivity contribution in [2.75, 3.05) is 37.9 Å². The minimum absolute atomic E-state index is 0.108. The predicted molar refractivity (Wildman–Crippen MR) is 128 cm³/mol. The number of nitrogens with zero attached hydrogens (tertiary/aromatic N) is 4. The lowest BCUT2D eigenvalue weighted by molar-refractivity contribution is 0.0951. The van der Waals surface area contributed by atoms with Crippen molar-refractivity contribution in [3.05, 3.63) is 77.6 Å². The number of carbonyl (C=O) groups is 1. The molecule has 4 N–H and O–H groups in total. The highest BCUT2D eigenvalue weighted by Gasteiger charge is 2.09. The van der Waals surface area contributed by atoms with Crippen molar-refractivity contribution < 1.29 is 4.79 Å². The maximum absolute atomic E-state index is 12.2. The molecule has 3 rings (SSSR count). The van der Waals surface area contributed by atoms with Gasteiger partial charge in [0.2, 0.25) is 0 Å². The average Bonchev–Trinajstić information content (AvgIpc) is 2.80. The normalized spacial score (nSPS) is 10.8. The van der Waals surface area contributed by atoms with Crippen molar-refractivity contribution in [1.29, 1.82) is 5.41 Å². The Kier molecular flexibility index (Phi) is 7.99. The molecule has 1 amide bonds. The fourth-order valence-corrected chi connectivity index (χ4v) is 2.76. The molecule has 0 atom stereocenters. The molecule has 0 spiro atoms. The van der Waals surface area contributed by atoms with Gasteiger partial charge in [-0.3, -0.25) is 10.2 Å². The van der Waals surface area contributed by atoms with Gasteiger partial charge in [0.25, 0.3) is 5.91 Å². The number of nitrogens with one attached hydrogen (secondary N) is 4. The highest BCUT2D eigenvalue weighted by molar-refractivity contribution is 5.95. The van der Waals surface area contributed by atoms with Gasteiger partial charge in [-0.1, -0.05) is 30.3 Å². The molecule has 164 valence electrons. The number of hydrogen-bond acceptors (Lipinski definition) is 8. The summed E-state index contributed by atoms with van der Waals surface area (Å²) in [6.45, 7) is 1.37. The van der Waals surface area contributed by atoms with Gasteiger partial charge < -0.3 is 20.9 Å². The van der Waals surface area contributed by atoms with Gasteiger partial charge in [-0.15, -0.1) is 0 Å². The maximum Gasteiger partial charge on any atom is 0.251 e. The quantitative estimate of drug-likeness (QED) is 0.290. The van der Waals surface area contributed by atoms with E-state index in [4.69, 9.17) is 5.41 Å². The van der Waals surface area contributed by atoms with E-state index in [-0.39, 0.29) is 5.91 Å². The van der Waals surface area contributed by atoms with Crippen LogP contribution in [0.5, 0.6) is 0 Å². The molecular formula is C23H26N8O. The zero-order valence-corrected chi connectivity index (χ0v) is 18.0. The average molecular weight is 431 g/mol.